The SMILES string of the molecule is COc1ccc(CC(=O)NCc2nccc(N3CCCCC3)n2)cc1. The molecule has 1 fully saturated rings. The molecule has 1 aliphatic heterocycles. The van der Waals surface area contributed by atoms with Crippen LogP contribution in [-0.4, -0.2) is 36.1 Å². The molecule has 132 valence electrons. The van der Waals surface area contributed by atoms with E-state index in [1.54, 1.807) is 13.3 Å². The van der Waals surface area contributed by atoms with Gasteiger partial charge < -0.3 is 15.0 Å². The molecule has 1 aliphatic rings. The number of rotatable bonds is 6. The standard InChI is InChI=1S/C19H24N4O2/c1-25-16-7-5-15(6-8-16)13-19(24)21-14-17-20-10-9-18(22-17)23-11-3-2-4-12-23/h5-10H,2-4,11-14H2,1H3,(H,21,24). The van der Waals surface area contributed by atoms with E-state index in [2.05, 4.69) is 20.2 Å². The lowest BCUT2D eigenvalue weighted by molar-refractivity contribution is -0.120. The Hall–Kier alpha value is -2.63. The van der Waals surface area contributed by atoms with Crippen molar-refractivity contribution in [3.05, 3.63) is 47.9 Å². The van der Waals surface area contributed by atoms with E-state index >= 15 is 0 Å². The zero-order valence-corrected chi connectivity index (χ0v) is 14.6. The fourth-order valence-electron chi connectivity index (χ4n) is 2.94. The van der Waals surface area contributed by atoms with Gasteiger partial charge in [-0.3, -0.25) is 4.79 Å². The molecule has 2 aromatic rings. The van der Waals surface area contributed by atoms with Gasteiger partial charge in [-0.15, -0.1) is 0 Å². The lowest BCUT2D eigenvalue weighted by atomic mass is 10.1. The molecule has 0 unspecified atom stereocenters. The van der Waals surface area contributed by atoms with Crippen LogP contribution in [0.3, 0.4) is 0 Å². The zero-order chi connectivity index (χ0) is 17.5. The smallest absolute Gasteiger partial charge is 0.224 e. The number of hydrogen-bond donors (Lipinski definition) is 1. The van der Waals surface area contributed by atoms with E-state index in [-0.39, 0.29) is 5.91 Å². The van der Waals surface area contributed by atoms with Crippen LogP contribution in [0.15, 0.2) is 36.5 Å². The van der Waals surface area contributed by atoms with E-state index in [0.717, 1.165) is 30.2 Å². The van der Waals surface area contributed by atoms with Crippen molar-refractivity contribution < 1.29 is 9.53 Å². The van der Waals surface area contributed by atoms with Crippen molar-refractivity contribution in [2.75, 3.05) is 25.1 Å². The van der Waals surface area contributed by atoms with Crippen molar-refractivity contribution in [1.82, 2.24) is 15.3 Å². The molecule has 0 saturated carbocycles. The van der Waals surface area contributed by atoms with Gasteiger partial charge in [-0.05, 0) is 43.0 Å². The third-order valence-electron chi connectivity index (χ3n) is 4.34. The van der Waals surface area contributed by atoms with Crippen LogP contribution < -0.4 is 15.0 Å². The molecule has 1 amide bonds. The lowest BCUT2D eigenvalue weighted by Crippen LogP contribution is -2.31. The first-order valence-electron chi connectivity index (χ1n) is 8.71. The quantitative estimate of drug-likeness (QED) is 0.874. The van der Waals surface area contributed by atoms with E-state index in [9.17, 15) is 4.79 Å². The second kappa shape index (κ2) is 8.46. The maximum atomic E-state index is 12.1. The second-order valence-electron chi connectivity index (χ2n) is 6.18. The Morgan fingerprint density at radius 3 is 2.64 bits per heavy atom. The molecular weight excluding hydrogens is 316 g/mol. The molecule has 1 N–H and O–H groups in total. The summed E-state index contributed by atoms with van der Waals surface area (Å²) >= 11 is 0. The van der Waals surface area contributed by atoms with Crippen molar-refractivity contribution in [3.63, 3.8) is 0 Å². The normalized spacial score (nSPS) is 14.2. The maximum Gasteiger partial charge on any atom is 0.224 e. The summed E-state index contributed by atoms with van der Waals surface area (Å²) < 4.78 is 5.12. The van der Waals surface area contributed by atoms with Crippen LogP contribution in [0, 0.1) is 0 Å². The van der Waals surface area contributed by atoms with Crippen molar-refractivity contribution in [3.8, 4) is 5.75 Å². The third-order valence-corrected chi connectivity index (χ3v) is 4.34. The fourth-order valence-corrected chi connectivity index (χ4v) is 2.94. The Bertz CT molecular complexity index is 697. The first-order valence-corrected chi connectivity index (χ1v) is 8.71. The zero-order valence-electron chi connectivity index (χ0n) is 14.6. The number of ether oxygens (including phenoxy) is 1. The highest BCUT2D eigenvalue weighted by molar-refractivity contribution is 5.78. The predicted octanol–water partition coefficient (Wildman–Crippen LogP) is 2.33. The average Bonchev–Trinajstić information content (AvgIpc) is 2.68. The topological polar surface area (TPSA) is 67.3 Å². The number of hydrogen-bond acceptors (Lipinski definition) is 5. The van der Waals surface area contributed by atoms with E-state index in [1.165, 1.54) is 19.3 Å². The van der Waals surface area contributed by atoms with Crippen LogP contribution in [0.5, 0.6) is 5.75 Å². The Labute approximate surface area is 148 Å². The number of carbonyl (C=O) groups excluding carboxylic acids is 1. The molecule has 6 nitrogen and oxygen atoms in total. The number of carbonyl (C=O) groups is 1. The molecule has 1 aromatic heterocycles. The molecule has 0 radical (unpaired) electrons. The first-order chi connectivity index (χ1) is 12.2. The van der Waals surface area contributed by atoms with Crippen LogP contribution in [0.2, 0.25) is 0 Å². The largest absolute Gasteiger partial charge is 0.497 e. The minimum atomic E-state index is -0.0443. The molecule has 3 rings (SSSR count). The molecule has 0 bridgehead atoms. The number of piperidine rings is 1. The molecule has 0 atom stereocenters. The first kappa shape index (κ1) is 17.2. The van der Waals surface area contributed by atoms with E-state index < -0.39 is 0 Å². The highest BCUT2D eigenvalue weighted by Gasteiger charge is 2.13. The molecule has 25 heavy (non-hydrogen) atoms. The summed E-state index contributed by atoms with van der Waals surface area (Å²) in [6.07, 6.45) is 5.80. The van der Waals surface area contributed by atoms with Crippen molar-refractivity contribution in [2.24, 2.45) is 0 Å². The van der Waals surface area contributed by atoms with E-state index in [0.29, 0.717) is 18.8 Å². The van der Waals surface area contributed by atoms with E-state index in [4.69, 9.17) is 4.74 Å². The van der Waals surface area contributed by atoms with Gasteiger partial charge in [0.2, 0.25) is 5.91 Å². The van der Waals surface area contributed by atoms with Gasteiger partial charge in [0.1, 0.15) is 17.4 Å². The van der Waals surface area contributed by atoms with Crippen molar-refractivity contribution in [1.29, 1.82) is 0 Å². The average molecular weight is 340 g/mol. The number of methoxy groups -OCH3 is 1. The summed E-state index contributed by atoms with van der Waals surface area (Å²) in [5, 5.41) is 2.89. The van der Waals surface area contributed by atoms with Crippen LogP contribution in [0.4, 0.5) is 5.82 Å². The summed E-state index contributed by atoms with van der Waals surface area (Å²) in [4.78, 5) is 23.3. The van der Waals surface area contributed by atoms with Crippen LogP contribution in [-0.2, 0) is 17.8 Å². The van der Waals surface area contributed by atoms with Gasteiger partial charge in [-0.2, -0.15) is 0 Å². The summed E-state index contributed by atoms with van der Waals surface area (Å²) in [5.74, 6) is 2.34. The van der Waals surface area contributed by atoms with Gasteiger partial charge >= 0.3 is 0 Å². The van der Waals surface area contributed by atoms with Gasteiger partial charge in [-0.25, -0.2) is 9.97 Å². The molecule has 6 heteroatoms. The monoisotopic (exact) mass is 340 g/mol. The minimum absolute atomic E-state index is 0.0443. The molecule has 2 heterocycles. The summed E-state index contributed by atoms with van der Waals surface area (Å²) in [6.45, 7) is 2.43. The van der Waals surface area contributed by atoms with Gasteiger partial charge in [0.15, 0.2) is 0 Å². The highest BCUT2D eigenvalue weighted by Crippen LogP contribution is 2.17. The molecule has 0 spiro atoms. The Morgan fingerprint density at radius 1 is 1.16 bits per heavy atom. The fraction of sp³-hybridized carbons (Fsp3) is 0.421. The van der Waals surface area contributed by atoms with Crippen molar-refractivity contribution in [2.45, 2.75) is 32.2 Å². The molecule has 1 aromatic carbocycles. The van der Waals surface area contributed by atoms with E-state index in [1.807, 2.05) is 30.3 Å². The number of benzene rings is 1. The number of anilines is 1. The number of aromatic nitrogens is 2. The molecule has 1 saturated heterocycles. The third kappa shape index (κ3) is 4.92. The van der Waals surface area contributed by atoms with Gasteiger partial charge in [-0.1, -0.05) is 12.1 Å². The summed E-state index contributed by atoms with van der Waals surface area (Å²) in [7, 11) is 1.62. The predicted molar refractivity (Wildman–Crippen MR) is 96.6 cm³/mol. The lowest BCUT2D eigenvalue weighted by Gasteiger charge is -2.27. The second-order valence-corrected chi connectivity index (χ2v) is 6.18. The Morgan fingerprint density at radius 2 is 1.92 bits per heavy atom. The maximum absolute atomic E-state index is 12.1. The Kier molecular flexibility index (Phi) is 5.82. The number of amides is 1. The Balaban J connectivity index is 1.52. The van der Waals surface area contributed by atoms with Gasteiger partial charge in [0, 0.05) is 19.3 Å². The summed E-state index contributed by atoms with van der Waals surface area (Å²) in [6, 6.07) is 9.44. The van der Waals surface area contributed by atoms with Gasteiger partial charge in [0.25, 0.3) is 0 Å². The summed E-state index contributed by atoms with van der Waals surface area (Å²) in [5.41, 5.74) is 0.946. The number of nitrogens with one attached hydrogen (secondary N) is 1. The van der Waals surface area contributed by atoms with Crippen molar-refractivity contribution >= 4 is 11.7 Å². The number of nitrogens with zero attached hydrogens (tertiary/aromatic N) is 3. The molecular formula is C19H24N4O2. The highest BCUT2D eigenvalue weighted by atomic mass is 16.5. The van der Waals surface area contributed by atoms with Gasteiger partial charge in [0.05, 0.1) is 20.1 Å². The molecule has 0 aliphatic carbocycles. The van der Waals surface area contributed by atoms with Crippen LogP contribution >= 0.6 is 0 Å². The van der Waals surface area contributed by atoms with Crippen LogP contribution in [0.25, 0.3) is 0 Å². The minimum Gasteiger partial charge on any atom is -0.497 e. The van der Waals surface area contributed by atoms with Crippen LogP contribution in [0.1, 0.15) is 30.7 Å².